The van der Waals surface area contributed by atoms with E-state index in [2.05, 4.69) is 5.32 Å². The zero-order chi connectivity index (χ0) is 19.7. The normalized spacial score (nSPS) is 19.2. The van der Waals surface area contributed by atoms with Crippen molar-refractivity contribution in [1.29, 1.82) is 0 Å². The lowest BCUT2D eigenvalue weighted by Crippen LogP contribution is -2.50. The first kappa shape index (κ1) is 18.4. The van der Waals surface area contributed by atoms with E-state index in [1.807, 2.05) is 31.2 Å². The summed E-state index contributed by atoms with van der Waals surface area (Å²) in [6, 6.07) is 7.48. The molecule has 0 radical (unpaired) electrons. The van der Waals surface area contributed by atoms with Crippen molar-refractivity contribution in [3.63, 3.8) is 0 Å². The standard InChI is InChI=1S/C21H22N2O5/c1-13-5-2-3-6-15(13)22-20(25)18-11-23(9-10-27-18)21(26)14-12-28-17-8-4-7-16(24)19(14)17/h2-3,5-6,12,18H,4,7-11H2,1H3,(H,22,25)/t18-/m0/s1. The molecule has 0 spiro atoms. The summed E-state index contributed by atoms with van der Waals surface area (Å²) in [4.78, 5) is 39.4. The molecule has 7 heteroatoms. The van der Waals surface area contributed by atoms with Crippen LogP contribution < -0.4 is 5.32 Å². The average Bonchev–Trinajstić information content (AvgIpc) is 3.15. The number of furan rings is 1. The Labute approximate surface area is 162 Å². The number of carbonyl (C=O) groups excluding carboxylic acids is 3. The van der Waals surface area contributed by atoms with Gasteiger partial charge < -0.3 is 19.4 Å². The number of rotatable bonds is 3. The minimum Gasteiger partial charge on any atom is -0.468 e. The third-order valence-corrected chi connectivity index (χ3v) is 5.23. The minimum absolute atomic E-state index is 0.0551. The Morgan fingerprint density at radius 1 is 1.21 bits per heavy atom. The number of aryl methyl sites for hydroxylation is 2. The maximum atomic E-state index is 13.0. The fourth-order valence-corrected chi connectivity index (χ4v) is 3.67. The van der Waals surface area contributed by atoms with Crippen LogP contribution in [0.4, 0.5) is 5.69 Å². The van der Waals surface area contributed by atoms with Crippen molar-refractivity contribution in [3.05, 3.63) is 53.0 Å². The summed E-state index contributed by atoms with van der Waals surface area (Å²) in [6.07, 6.45) is 2.44. The van der Waals surface area contributed by atoms with Gasteiger partial charge in [-0.25, -0.2) is 0 Å². The summed E-state index contributed by atoms with van der Waals surface area (Å²) >= 11 is 0. The molecule has 7 nitrogen and oxygen atoms in total. The van der Waals surface area contributed by atoms with E-state index in [1.165, 1.54) is 6.26 Å². The van der Waals surface area contributed by atoms with Crippen LogP contribution in [0, 0.1) is 6.92 Å². The van der Waals surface area contributed by atoms with Crippen molar-refractivity contribution in [2.24, 2.45) is 0 Å². The molecule has 0 saturated carbocycles. The van der Waals surface area contributed by atoms with Crippen molar-refractivity contribution in [2.45, 2.75) is 32.3 Å². The molecule has 1 fully saturated rings. The van der Waals surface area contributed by atoms with Gasteiger partial charge in [0.25, 0.3) is 11.8 Å². The minimum atomic E-state index is -0.768. The predicted octanol–water partition coefficient (Wildman–Crippen LogP) is 2.59. The van der Waals surface area contributed by atoms with Gasteiger partial charge in [-0.15, -0.1) is 0 Å². The highest BCUT2D eigenvalue weighted by Crippen LogP contribution is 2.27. The Hall–Kier alpha value is -2.93. The van der Waals surface area contributed by atoms with Gasteiger partial charge in [0.05, 0.1) is 24.3 Å². The Morgan fingerprint density at radius 3 is 2.86 bits per heavy atom. The number of hydrogen-bond acceptors (Lipinski definition) is 5. The van der Waals surface area contributed by atoms with Gasteiger partial charge in [-0.05, 0) is 25.0 Å². The summed E-state index contributed by atoms with van der Waals surface area (Å²) in [5, 5.41) is 2.86. The lowest BCUT2D eigenvalue weighted by atomic mass is 9.93. The van der Waals surface area contributed by atoms with Crippen LogP contribution >= 0.6 is 0 Å². The molecule has 2 aromatic rings. The lowest BCUT2D eigenvalue weighted by molar-refractivity contribution is -0.131. The number of nitrogens with zero attached hydrogens (tertiary/aromatic N) is 1. The molecule has 2 heterocycles. The van der Waals surface area contributed by atoms with E-state index in [9.17, 15) is 14.4 Å². The van der Waals surface area contributed by atoms with E-state index >= 15 is 0 Å². The maximum Gasteiger partial charge on any atom is 0.258 e. The van der Waals surface area contributed by atoms with Crippen LogP contribution in [-0.4, -0.2) is 48.3 Å². The molecule has 0 bridgehead atoms. The van der Waals surface area contributed by atoms with Crippen LogP contribution in [0.3, 0.4) is 0 Å². The molecule has 1 aliphatic heterocycles. The highest BCUT2D eigenvalue weighted by atomic mass is 16.5. The quantitative estimate of drug-likeness (QED) is 0.881. The number of morpholine rings is 1. The smallest absolute Gasteiger partial charge is 0.258 e. The number of ether oxygens (including phenoxy) is 1. The van der Waals surface area contributed by atoms with Crippen molar-refractivity contribution in [1.82, 2.24) is 4.90 Å². The van der Waals surface area contributed by atoms with E-state index in [4.69, 9.17) is 9.15 Å². The lowest BCUT2D eigenvalue weighted by Gasteiger charge is -2.32. The van der Waals surface area contributed by atoms with Crippen LogP contribution in [0.25, 0.3) is 0 Å². The van der Waals surface area contributed by atoms with Gasteiger partial charge in [-0.1, -0.05) is 18.2 Å². The molecule has 1 atom stereocenters. The third-order valence-electron chi connectivity index (χ3n) is 5.23. The zero-order valence-corrected chi connectivity index (χ0v) is 15.7. The van der Waals surface area contributed by atoms with Crippen LogP contribution in [0.1, 0.15) is 44.9 Å². The van der Waals surface area contributed by atoms with Crippen LogP contribution in [0.2, 0.25) is 0 Å². The van der Waals surface area contributed by atoms with E-state index in [1.54, 1.807) is 4.90 Å². The van der Waals surface area contributed by atoms with Gasteiger partial charge in [0.1, 0.15) is 12.0 Å². The van der Waals surface area contributed by atoms with Gasteiger partial charge in [0, 0.05) is 25.1 Å². The molecular formula is C21H22N2O5. The molecule has 1 aliphatic carbocycles. The number of fused-ring (bicyclic) bond motifs is 1. The number of carbonyl (C=O) groups is 3. The monoisotopic (exact) mass is 382 g/mol. The summed E-state index contributed by atoms with van der Waals surface area (Å²) in [5.74, 6) is -0.0588. The van der Waals surface area contributed by atoms with E-state index in [0.29, 0.717) is 42.0 Å². The van der Waals surface area contributed by atoms with E-state index < -0.39 is 6.10 Å². The molecule has 2 aliphatic rings. The van der Waals surface area contributed by atoms with Gasteiger partial charge in [0.2, 0.25) is 0 Å². The summed E-state index contributed by atoms with van der Waals surface area (Å²) in [7, 11) is 0. The van der Waals surface area contributed by atoms with Gasteiger partial charge in [-0.3, -0.25) is 14.4 Å². The molecule has 146 valence electrons. The van der Waals surface area contributed by atoms with Crippen molar-refractivity contribution in [2.75, 3.05) is 25.0 Å². The topological polar surface area (TPSA) is 88.9 Å². The largest absolute Gasteiger partial charge is 0.468 e. The molecule has 2 amide bonds. The number of para-hydroxylation sites is 1. The first-order valence-electron chi connectivity index (χ1n) is 9.45. The second kappa shape index (κ2) is 7.59. The number of ketones is 1. The Morgan fingerprint density at radius 2 is 2.04 bits per heavy atom. The first-order valence-corrected chi connectivity index (χ1v) is 9.45. The van der Waals surface area contributed by atoms with Gasteiger partial charge in [-0.2, -0.15) is 0 Å². The van der Waals surface area contributed by atoms with E-state index in [-0.39, 0.29) is 30.7 Å². The Balaban J connectivity index is 1.47. The summed E-state index contributed by atoms with van der Waals surface area (Å²) in [5.41, 5.74) is 2.36. The molecule has 4 rings (SSSR count). The number of Topliss-reactive ketones (excluding diaryl/α,β-unsaturated/α-hetero) is 1. The predicted molar refractivity (Wildman–Crippen MR) is 101 cm³/mol. The molecular weight excluding hydrogens is 360 g/mol. The van der Waals surface area contributed by atoms with E-state index in [0.717, 1.165) is 12.0 Å². The molecule has 1 aromatic carbocycles. The van der Waals surface area contributed by atoms with Crippen LogP contribution in [0.5, 0.6) is 0 Å². The van der Waals surface area contributed by atoms with Crippen LogP contribution in [0.15, 0.2) is 34.9 Å². The second-order valence-corrected chi connectivity index (χ2v) is 7.14. The fraction of sp³-hybridized carbons (Fsp3) is 0.381. The third kappa shape index (κ3) is 3.45. The Bertz CT molecular complexity index is 933. The number of amides is 2. The van der Waals surface area contributed by atoms with Crippen LogP contribution in [-0.2, 0) is 16.0 Å². The van der Waals surface area contributed by atoms with Gasteiger partial charge in [0.15, 0.2) is 11.9 Å². The molecule has 1 N–H and O–H groups in total. The SMILES string of the molecule is Cc1ccccc1NC(=O)[C@@H]1CN(C(=O)c2coc3c2C(=O)CCC3)CCO1. The average molecular weight is 382 g/mol. The molecule has 0 unspecified atom stereocenters. The molecule has 28 heavy (non-hydrogen) atoms. The first-order chi connectivity index (χ1) is 13.5. The maximum absolute atomic E-state index is 13.0. The number of nitrogens with one attached hydrogen (secondary N) is 1. The number of benzene rings is 1. The second-order valence-electron chi connectivity index (χ2n) is 7.14. The van der Waals surface area contributed by atoms with Crippen molar-refractivity contribution in [3.8, 4) is 0 Å². The highest BCUT2D eigenvalue weighted by Gasteiger charge is 2.34. The Kier molecular flexibility index (Phi) is 5.00. The van der Waals surface area contributed by atoms with Crippen molar-refractivity contribution >= 4 is 23.3 Å². The number of anilines is 1. The number of hydrogen-bond donors (Lipinski definition) is 1. The fourth-order valence-electron chi connectivity index (χ4n) is 3.67. The summed E-state index contributed by atoms with van der Waals surface area (Å²) < 4.78 is 11.0. The molecule has 1 aromatic heterocycles. The highest BCUT2D eigenvalue weighted by molar-refractivity contribution is 6.09. The summed E-state index contributed by atoms with van der Waals surface area (Å²) in [6.45, 7) is 2.66. The molecule has 1 saturated heterocycles. The van der Waals surface area contributed by atoms with Gasteiger partial charge >= 0.3 is 0 Å². The zero-order valence-electron chi connectivity index (χ0n) is 15.7. The van der Waals surface area contributed by atoms with Crippen molar-refractivity contribution < 1.29 is 23.5 Å².